The highest BCUT2D eigenvalue weighted by molar-refractivity contribution is 7.14. The zero-order valence-electron chi connectivity index (χ0n) is 12.7. The molecule has 2 amide bonds. The third-order valence-electron chi connectivity index (χ3n) is 3.05. The van der Waals surface area contributed by atoms with Crippen molar-refractivity contribution < 1.29 is 9.59 Å². The Kier molecular flexibility index (Phi) is 5.66. The summed E-state index contributed by atoms with van der Waals surface area (Å²) in [5, 5.41) is 8.01. The summed E-state index contributed by atoms with van der Waals surface area (Å²) < 4.78 is 0. The zero-order chi connectivity index (χ0) is 15.9. The van der Waals surface area contributed by atoms with Crippen LogP contribution in [0.3, 0.4) is 0 Å². The zero-order valence-corrected chi connectivity index (χ0v) is 13.5. The first-order chi connectivity index (χ1) is 10.5. The summed E-state index contributed by atoms with van der Waals surface area (Å²) in [5.74, 6) is -0.107. The molecule has 0 aliphatic carbocycles. The molecule has 0 unspecified atom stereocenters. The Morgan fingerprint density at radius 3 is 2.50 bits per heavy atom. The van der Waals surface area contributed by atoms with Crippen LogP contribution in [0.5, 0.6) is 0 Å². The maximum Gasteiger partial charge on any atom is 0.223 e. The minimum absolute atomic E-state index is 0.00820. The number of aryl methyl sites for hydroxylation is 1. The summed E-state index contributed by atoms with van der Waals surface area (Å²) in [4.78, 5) is 26.2. The number of nitrogens with zero attached hydrogens (tertiary/aromatic N) is 1. The first-order valence-corrected chi connectivity index (χ1v) is 7.99. The fourth-order valence-electron chi connectivity index (χ4n) is 2.01. The highest BCUT2D eigenvalue weighted by Gasteiger charge is 2.05. The number of aromatic nitrogens is 1. The van der Waals surface area contributed by atoms with E-state index in [1.807, 2.05) is 17.5 Å². The Morgan fingerprint density at radius 2 is 1.86 bits per heavy atom. The van der Waals surface area contributed by atoms with Gasteiger partial charge in [0.15, 0.2) is 5.13 Å². The van der Waals surface area contributed by atoms with Crippen LogP contribution in [-0.4, -0.2) is 23.3 Å². The number of hydrogen-bond donors (Lipinski definition) is 2. The van der Waals surface area contributed by atoms with E-state index in [4.69, 9.17) is 0 Å². The van der Waals surface area contributed by atoms with Crippen LogP contribution in [0.1, 0.15) is 25.8 Å². The van der Waals surface area contributed by atoms with Gasteiger partial charge in [0, 0.05) is 31.3 Å². The predicted molar refractivity (Wildman–Crippen MR) is 88.9 cm³/mol. The van der Waals surface area contributed by atoms with Gasteiger partial charge in [-0.05, 0) is 18.4 Å². The van der Waals surface area contributed by atoms with Crippen LogP contribution in [0.15, 0.2) is 29.6 Å². The molecule has 1 aromatic heterocycles. The third kappa shape index (κ3) is 4.96. The van der Waals surface area contributed by atoms with Crippen LogP contribution in [0, 0.1) is 0 Å². The molecule has 116 valence electrons. The lowest BCUT2D eigenvalue weighted by atomic mass is 10.1. The number of anilines is 1. The normalized spacial score (nSPS) is 10.3. The lowest BCUT2D eigenvalue weighted by Gasteiger charge is -2.04. The maximum atomic E-state index is 11.0. The average molecular weight is 317 g/mol. The van der Waals surface area contributed by atoms with E-state index >= 15 is 0 Å². The predicted octanol–water partition coefficient (Wildman–Crippen LogP) is 2.84. The largest absolute Gasteiger partial charge is 0.356 e. The molecule has 0 atom stereocenters. The van der Waals surface area contributed by atoms with Gasteiger partial charge in [0.05, 0.1) is 5.69 Å². The molecule has 5 nitrogen and oxygen atoms in total. The van der Waals surface area contributed by atoms with Crippen LogP contribution in [0.2, 0.25) is 0 Å². The molecular formula is C16H19N3O2S. The van der Waals surface area contributed by atoms with Crippen molar-refractivity contribution in [2.45, 2.75) is 26.7 Å². The van der Waals surface area contributed by atoms with Crippen LogP contribution in [0.25, 0.3) is 11.3 Å². The second-order valence-electron chi connectivity index (χ2n) is 5.00. The minimum Gasteiger partial charge on any atom is -0.356 e. The maximum absolute atomic E-state index is 11.0. The smallest absolute Gasteiger partial charge is 0.223 e. The van der Waals surface area contributed by atoms with E-state index in [1.165, 1.54) is 30.7 Å². The lowest BCUT2D eigenvalue weighted by molar-refractivity contribution is -0.119. The van der Waals surface area contributed by atoms with E-state index in [-0.39, 0.29) is 11.8 Å². The van der Waals surface area contributed by atoms with Crippen molar-refractivity contribution in [2.24, 2.45) is 0 Å². The van der Waals surface area contributed by atoms with Crippen molar-refractivity contribution in [1.82, 2.24) is 10.3 Å². The van der Waals surface area contributed by atoms with Gasteiger partial charge in [-0.3, -0.25) is 9.59 Å². The molecule has 0 aliphatic heterocycles. The summed E-state index contributed by atoms with van der Waals surface area (Å²) in [6, 6.07) is 8.20. The Bertz CT molecular complexity index is 650. The fourth-order valence-corrected chi connectivity index (χ4v) is 2.78. The number of carbonyl (C=O) groups excluding carboxylic acids is 2. The Morgan fingerprint density at radius 1 is 1.14 bits per heavy atom. The molecule has 0 fully saturated rings. The molecule has 0 radical (unpaired) electrons. The van der Waals surface area contributed by atoms with Crippen molar-refractivity contribution in [3.63, 3.8) is 0 Å². The molecule has 1 aromatic carbocycles. The molecule has 0 aliphatic rings. The molecule has 0 bridgehead atoms. The summed E-state index contributed by atoms with van der Waals surface area (Å²) in [7, 11) is 0. The van der Waals surface area contributed by atoms with Crippen molar-refractivity contribution in [3.8, 4) is 11.3 Å². The first-order valence-electron chi connectivity index (χ1n) is 7.11. The quantitative estimate of drug-likeness (QED) is 0.805. The van der Waals surface area contributed by atoms with Crippen LogP contribution < -0.4 is 10.6 Å². The van der Waals surface area contributed by atoms with E-state index < -0.39 is 0 Å². The SMILES string of the molecule is CC(=O)NCCCc1ccc(-c2csc(NC(C)=O)n2)cc1. The molecule has 2 aromatic rings. The Balaban J connectivity index is 1.92. The van der Waals surface area contributed by atoms with Gasteiger partial charge in [0.2, 0.25) is 11.8 Å². The van der Waals surface area contributed by atoms with Gasteiger partial charge in [0.1, 0.15) is 0 Å². The van der Waals surface area contributed by atoms with Gasteiger partial charge in [-0.1, -0.05) is 24.3 Å². The first kappa shape index (κ1) is 16.2. The van der Waals surface area contributed by atoms with Crippen molar-refractivity contribution in [2.75, 3.05) is 11.9 Å². The topological polar surface area (TPSA) is 71.1 Å². The van der Waals surface area contributed by atoms with Crippen LogP contribution >= 0.6 is 11.3 Å². The molecule has 22 heavy (non-hydrogen) atoms. The molecule has 0 spiro atoms. The van der Waals surface area contributed by atoms with Crippen LogP contribution in [-0.2, 0) is 16.0 Å². The summed E-state index contributed by atoms with van der Waals surface area (Å²) in [6.45, 7) is 3.69. The van der Waals surface area contributed by atoms with E-state index in [0.29, 0.717) is 11.7 Å². The fraction of sp³-hybridized carbons (Fsp3) is 0.312. The Labute approximate surface area is 133 Å². The van der Waals surface area contributed by atoms with Crippen molar-refractivity contribution >= 4 is 28.3 Å². The monoisotopic (exact) mass is 317 g/mol. The molecular weight excluding hydrogens is 298 g/mol. The number of rotatable bonds is 6. The molecule has 2 N–H and O–H groups in total. The average Bonchev–Trinajstić information content (AvgIpc) is 2.92. The summed E-state index contributed by atoms with van der Waals surface area (Å²) >= 11 is 1.41. The van der Waals surface area contributed by atoms with Crippen LogP contribution in [0.4, 0.5) is 5.13 Å². The number of benzene rings is 1. The van der Waals surface area contributed by atoms with Crippen molar-refractivity contribution in [1.29, 1.82) is 0 Å². The van der Waals surface area contributed by atoms with E-state index in [1.54, 1.807) is 0 Å². The lowest BCUT2D eigenvalue weighted by Crippen LogP contribution is -2.21. The van der Waals surface area contributed by atoms with Gasteiger partial charge in [-0.25, -0.2) is 4.98 Å². The highest BCUT2D eigenvalue weighted by atomic mass is 32.1. The minimum atomic E-state index is -0.115. The molecule has 0 saturated heterocycles. The van der Waals surface area contributed by atoms with E-state index in [0.717, 1.165) is 24.1 Å². The van der Waals surface area contributed by atoms with Gasteiger partial charge >= 0.3 is 0 Å². The highest BCUT2D eigenvalue weighted by Crippen LogP contribution is 2.25. The van der Waals surface area contributed by atoms with E-state index in [2.05, 4.69) is 27.8 Å². The van der Waals surface area contributed by atoms with Gasteiger partial charge < -0.3 is 10.6 Å². The third-order valence-corrected chi connectivity index (χ3v) is 3.81. The number of amides is 2. The number of thiazole rings is 1. The second-order valence-corrected chi connectivity index (χ2v) is 5.86. The molecule has 1 heterocycles. The molecule has 2 rings (SSSR count). The number of carbonyl (C=O) groups is 2. The van der Waals surface area contributed by atoms with Gasteiger partial charge in [0.25, 0.3) is 0 Å². The Hall–Kier alpha value is -2.21. The standard InChI is InChI=1S/C16H19N3O2S/c1-11(20)17-9-3-4-13-5-7-14(8-6-13)15-10-22-16(19-15)18-12(2)21/h5-8,10H,3-4,9H2,1-2H3,(H,17,20)(H,18,19,21). The second kappa shape index (κ2) is 7.70. The van der Waals surface area contributed by atoms with E-state index in [9.17, 15) is 9.59 Å². The summed E-state index contributed by atoms with van der Waals surface area (Å²) in [5.41, 5.74) is 3.11. The summed E-state index contributed by atoms with van der Waals surface area (Å²) in [6.07, 6.45) is 1.84. The molecule has 6 heteroatoms. The van der Waals surface area contributed by atoms with Gasteiger partial charge in [-0.2, -0.15) is 0 Å². The van der Waals surface area contributed by atoms with Gasteiger partial charge in [-0.15, -0.1) is 11.3 Å². The number of nitrogens with one attached hydrogen (secondary N) is 2. The van der Waals surface area contributed by atoms with Crippen molar-refractivity contribution in [3.05, 3.63) is 35.2 Å². The molecule has 0 saturated carbocycles. The number of hydrogen-bond acceptors (Lipinski definition) is 4.